The van der Waals surface area contributed by atoms with E-state index in [1.165, 1.54) is 11.3 Å². The molecule has 0 radical (unpaired) electrons. The number of benzene rings is 1. The molecule has 1 saturated heterocycles. The Morgan fingerprint density at radius 1 is 1.06 bits per heavy atom. The maximum Gasteiger partial charge on any atom is 0.0642 e. The van der Waals surface area contributed by atoms with Gasteiger partial charge in [-0.25, -0.2) is 0 Å². The number of morpholine rings is 1. The number of hydrogen-bond acceptors (Lipinski definition) is 3. The predicted octanol–water partition coefficient (Wildman–Crippen LogP) is 1.84. The summed E-state index contributed by atoms with van der Waals surface area (Å²) in [6.07, 6.45) is 3.02. The summed E-state index contributed by atoms with van der Waals surface area (Å²) in [5.74, 6) is 0. The summed E-state index contributed by atoms with van der Waals surface area (Å²) in [5.41, 5.74) is 2.65. The summed E-state index contributed by atoms with van der Waals surface area (Å²) in [5, 5.41) is 8.74. The minimum absolute atomic E-state index is 0.297. The van der Waals surface area contributed by atoms with Crippen molar-refractivity contribution < 1.29 is 9.84 Å². The highest BCUT2D eigenvalue weighted by atomic mass is 16.5. The van der Waals surface area contributed by atoms with Crippen LogP contribution in [0.1, 0.15) is 18.4 Å². The molecule has 1 aromatic carbocycles. The van der Waals surface area contributed by atoms with E-state index in [1.54, 1.807) is 0 Å². The molecule has 1 N–H and O–H groups in total. The van der Waals surface area contributed by atoms with Crippen molar-refractivity contribution in [2.45, 2.75) is 19.3 Å². The van der Waals surface area contributed by atoms with Gasteiger partial charge in [0.05, 0.1) is 13.2 Å². The average molecular weight is 235 g/mol. The highest BCUT2D eigenvalue weighted by Gasteiger charge is 2.10. The van der Waals surface area contributed by atoms with Crippen LogP contribution in [-0.2, 0) is 11.2 Å². The lowest BCUT2D eigenvalue weighted by Crippen LogP contribution is -2.36. The molecule has 2 rings (SSSR count). The quantitative estimate of drug-likeness (QED) is 0.790. The first-order valence-corrected chi connectivity index (χ1v) is 6.42. The third-order valence-electron chi connectivity index (χ3n) is 3.19. The third-order valence-corrected chi connectivity index (χ3v) is 3.19. The number of rotatable bonds is 5. The van der Waals surface area contributed by atoms with E-state index in [4.69, 9.17) is 9.84 Å². The Morgan fingerprint density at radius 2 is 1.76 bits per heavy atom. The van der Waals surface area contributed by atoms with Gasteiger partial charge in [0.2, 0.25) is 0 Å². The van der Waals surface area contributed by atoms with Gasteiger partial charge in [0.15, 0.2) is 0 Å². The van der Waals surface area contributed by atoms with Crippen LogP contribution in [0, 0.1) is 0 Å². The minimum Gasteiger partial charge on any atom is -0.396 e. The van der Waals surface area contributed by atoms with E-state index in [0.29, 0.717) is 6.61 Å². The molecule has 0 spiro atoms. The lowest BCUT2D eigenvalue weighted by atomic mass is 10.1. The second-order valence-electron chi connectivity index (χ2n) is 4.45. The Morgan fingerprint density at radius 3 is 2.41 bits per heavy atom. The summed E-state index contributed by atoms with van der Waals surface area (Å²) in [4.78, 5) is 2.36. The fourth-order valence-corrected chi connectivity index (χ4v) is 2.14. The molecular weight excluding hydrogens is 214 g/mol. The zero-order valence-corrected chi connectivity index (χ0v) is 10.3. The second-order valence-corrected chi connectivity index (χ2v) is 4.45. The molecule has 0 unspecified atom stereocenters. The van der Waals surface area contributed by atoms with Gasteiger partial charge >= 0.3 is 0 Å². The third kappa shape index (κ3) is 3.72. The average Bonchev–Trinajstić information content (AvgIpc) is 2.41. The zero-order valence-electron chi connectivity index (χ0n) is 10.3. The summed E-state index contributed by atoms with van der Waals surface area (Å²) >= 11 is 0. The molecule has 3 nitrogen and oxygen atoms in total. The number of nitrogens with zero attached hydrogens (tertiary/aromatic N) is 1. The Hall–Kier alpha value is -1.06. The molecule has 0 aromatic heterocycles. The fraction of sp³-hybridized carbons (Fsp3) is 0.571. The summed E-state index contributed by atoms with van der Waals surface area (Å²) < 4.78 is 5.35. The normalized spacial score (nSPS) is 16.2. The number of aryl methyl sites for hydroxylation is 1. The molecule has 17 heavy (non-hydrogen) atoms. The van der Waals surface area contributed by atoms with Gasteiger partial charge in [0.1, 0.15) is 0 Å². The maximum atomic E-state index is 8.74. The van der Waals surface area contributed by atoms with Gasteiger partial charge in [0, 0.05) is 25.4 Å². The van der Waals surface area contributed by atoms with E-state index in [2.05, 4.69) is 29.2 Å². The van der Waals surface area contributed by atoms with Crippen molar-refractivity contribution >= 4 is 5.69 Å². The molecule has 0 saturated carbocycles. The summed E-state index contributed by atoms with van der Waals surface area (Å²) in [6, 6.07) is 8.78. The van der Waals surface area contributed by atoms with Gasteiger partial charge < -0.3 is 14.7 Å². The van der Waals surface area contributed by atoms with Crippen LogP contribution < -0.4 is 4.90 Å². The van der Waals surface area contributed by atoms with Gasteiger partial charge in [0.25, 0.3) is 0 Å². The number of unbranched alkanes of at least 4 members (excludes halogenated alkanes) is 1. The van der Waals surface area contributed by atoms with Crippen LogP contribution >= 0.6 is 0 Å². The fourth-order valence-electron chi connectivity index (χ4n) is 2.14. The van der Waals surface area contributed by atoms with Crippen LogP contribution in [0.4, 0.5) is 5.69 Å². The van der Waals surface area contributed by atoms with Crippen LogP contribution in [0.3, 0.4) is 0 Å². The van der Waals surface area contributed by atoms with E-state index in [-0.39, 0.29) is 0 Å². The molecular formula is C14H21NO2. The number of anilines is 1. The molecule has 3 heteroatoms. The topological polar surface area (TPSA) is 32.7 Å². The second kappa shape index (κ2) is 6.62. The Balaban J connectivity index is 1.88. The van der Waals surface area contributed by atoms with Crippen LogP contribution in [0.15, 0.2) is 24.3 Å². The lowest BCUT2D eigenvalue weighted by Gasteiger charge is -2.28. The Labute approximate surface area is 103 Å². The highest BCUT2D eigenvalue weighted by molar-refractivity contribution is 5.47. The minimum atomic E-state index is 0.297. The van der Waals surface area contributed by atoms with Gasteiger partial charge in [-0.15, -0.1) is 0 Å². The van der Waals surface area contributed by atoms with E-state index in [1.807, 2.05) is 0 Å². The van der Waals surface area contributed by atoms with Crippen molar-refractivity contribution in [1.82, 2.24) is 0 Å². The lowest BCUT2D eigenvalue weighted by molar-refractivity contribution is 0.122. The molecule has 1 aliphatic heterocycles. The van der Waals surface area contributed by atoms with Gasteiger partial charge in [-0.3, -0.25) is 0 Å². The first kappa shape index (κ1) is 12.4. The van der Waals surface area contributed by atoms with Gasteiger partial charge in [-0.1, -0.05) is 12.1 Å². The molecule has 1 aromatic rings. The van der Waals surface area contributed by atoms with Gasteiger partial charge in [-0.05, 0) is 37.0 Å². The first-order valence-electron chi connectivity index (χ1n) is 6.42. The van der Waals surface area contributed by atoms with Crippen molar-refractivity contribution in [2.75, 3.05) is 37.8 Å². The molecule has 0 bridgehead atoms. The Bertz CT molecular complexity index is 317. The van der Waals surface area contributed by atoms with Crippen molar-refractivity contribution in [3.05, 3.63) is 29.8 Å². The monoisotopic (exact) mass is 235 g/mol. The SMILES string of the molecule is OCCCCc1ccc(N2CCOCC2)cc1. The molecule has 0 amide bonds. The van der Waals surface area contributed by atoms with Crippen LogP contribution in [-0.4, -0.2) is 38.0 Å². The van der Waals surface area contributed by atoms with Crippen molar-refractivity contribution in [2.24, 2.45) is 0 Å². The van der Waals surface area contributed by atoms with E-state index < -0.39 is 0 Å². The molecule has 0 atom stereocenters. The largest absolute Gasteiger partial charge is 0.396 e. The number of ether oxygens (including phenoxy) is 1. The van der Waals surface area contributed by atoms with Crippen molar-refractivity contribution in [1.29, 1.82) is 0 Å². The van der Waals surface area contributed by atoms with Crippen molar-refractivity contribution in [3.63, 3.8) is 0 Å². The smallest absolute Gasteiger partial charge is 0.0642 e. The maximum absolute atomic E-state index is 8.74. The Kier molecular flexibility index (Phi) is 4.83. The van der Waals surface area contributed by atoms with Crippen LogP contribution in [0.25, 0.3) is 0 Å². The number of aliphatic hydroxyl groups is 1. The zero-order chi connectivity index (χ0) is 11.9. The van der Waals surface area contributed by atoms with E-state index in [0.717, 1.165) is 45.6 Å². The van der Waals surface area contributed by atoms with Gasteiger partial charge in [-0.2, -0.15) is 0 Å². The molecule has 0 aliphatic carbocycles. The summed E-state index contributed by atoms with van der Waals surface area (Å²) in [6.45, 7) is 3.94. The van der Waals surface area contributed by atoms with Crippen LogP contribution in [0.5, 0.6) is 0 Å². The molecule has 1 heterocycles. The molecule has 1 fully saturated rings. The predicted molar refractivity (Wildman–Crippen MR) is 69.5 cm³/mol. The molecule has 1 aliphatic rings. The standard InChI is InChI=1S/C14H21NO2/c16-10-2-1-3-13-4-6-14(7-5-13)15-8-11-17-12-9-15/h4-7,16H,1-3,8-12H2. The summed E-state index contributed by atoms with van der Waals surface area (Å²) in [7, 11) is 0. The van der Waals surface area contributed by atoms with Crippen LogP contribution in [0.2, 0.25) is 0 Å². The highest BCUT2D eigenvalue weighted by Crippen LogP contribution is 2.17. The number of aliphatic hydroxyl groups excluding tert-OH is 1. The van der Waals surface area contributed by atoms with E-state index in [9.17, 15) is 0 Å². The molecule has 94 valence electrons. The number of hydrogen-bond donors (Lipinski definition) is 1. The van der Waals surface area contributed by atoms with Crippen molar-refractivity contribution in [3.8, 4) is 0 Å². The first-order chi connectivity index (χ1) is 8.40. The van der Waals surface area contributed by atoms with E-state index >= 15 is 0 Å².